The average Bonchev–Trinajstić information content (AvgIpc) is 3.09. The Morgan fingerprint density at radius 1 is 1.55 bits per heavy atom. The van der Waals surface area contributed by atoms with Gasteiger partial charge in [-0.2, -0.15) is 0 Å². The summed E-state index contributed by atoms with van der Waals surface area (Å²) in [5.41, 5.74) is 0.724. The lowest BCUT2D eigenvalue weighted by molar-refractivity contribution is -0.116. The molecule has 2 aromatic heterocycles. The highest BCUT2D eigenvalue weighted by Gasteiger charge is 2.28. The summed E-state index contributed by atoms with van der Waals surface area (Å²) in [6.07, 6.45) is 1.89. The number of thiazole rings is 1. The first-order chi connectivity index (χ1) is 10.5. The number of carbonyl (C=O) groups is 1. The van der Waals surface area contributed by atoms with Crippen LogP contribution >= 0.6 is 23.1 Å². The van der Waals surface area contributed by atoms with Crippen molar-refractivity contribution in [2.24, 2.45) is 0 Å². The second-order valence-electron chi connectivity index (χ2n) is 5.38. The van der Waals surface area contributed by atoms with Crippen molar-refractivity contribution in [3.05, 3.63) is 33.7 Å². The molecule has 1 amide bonds. The van der Waals surface area contributed by atoms with Gasteiger partial charge in [-0.1, -0.05) is 25.6 Å². The standard InChI is InChI=1S/C14H16N4O2S2/c1-8(2)10-6-12(20)18-9(7-22-14(18)16-10)5-11(19)17-13-15-3-4-21-13/h3-4,6,8-9H,5,7H2,1-2H3,(H,15,17,19). The summed E-state index contributed by atoms with van der Waals surface area (Å²) in [6, 6.07) is 1.42. The first kappa shape index (κ1) is 15.2. The molecule has 116 valence electrons. The molecule has 0 radical (unpaired) electrons. The lowest BCUT2D eigenvalue weighted by Crippen LogP contribution is -2.28. The molecule has 0 fully saturated rings. The summed E-state index contributed by atoms with van der Waals surface area (Å²) in [5.74, 6) is 0.773. The molecule has 1 N–H and O–H groups in total. The first-order valence-corrected chi connectivity index (χ1v) is 8.86. The van der Waals surface area contributed by atoms with E-state index in [-0.39, 0.29) is 29.8 Å². The Kier molecular flexibility index (Phi) is 4.30. The van der Waals surface area contributed by atoms with Gasteiger partial charge in [0.15, 0.2) is 10.3 Å². The average molecular weight is 336 g/mol. The molecule has 0 aliphatic carbocycles. The van der Waals surface area contributed by atoms with Crippen LogP contribution in [0.4, 0.5) is 5.13 Å². The van der Waals surface area contributed by atoms with Crippen molar-refractivity contribution in [1.29, 1.82) is 0 Å². The van der Waals surface area contributed by atoms with Crippen LogP contribution in [-0.4, -0.2) is 26.2 Å². The second-order valence-corrected chi connectivity index (χ2v) is 7.26. The van der Waals surface area contributed by atoms with Crippen molar-refractivity contribution in [2.45, 2.75) is 37.4 Å². The monoisotopic (exact) mass is 336 g/mol. The summed E-state index contributed by atoms with van der Waals surface area (Å²) in [6.45, 7) is 4.02. The van der Waals surface area contributed by atoms with E-state index in [1.165, 1.54) is 23.1 Å². The van der Waals surface area contributed by atoms with Crippen LogP contribution in [-0.2, 0) is 4.79 Å². The Balaban J connectivity index is 1.77. The third kappa shape index (κ3) is 3.07. The SMILES string of the molecule is CC(C)c1cc(=O)n2c(n1)SCC2CC(=O)Nc1nccs1. The minimum Gasteiger partial charge on any atom is -0.302 e. The van der Waals surface area contributed by atoms with Crippen LogP contribution in [0.15, 0.2) is 27.6 Å². The van der Waals surface area contributed by atoms with Crippen molar-refractivity contribution in [2.75, 3.05) is 11.1 Å². The summed E-state index contributed by atoms with van der Waals surface area (Å²) >= 11 is 2.90. The van der Waals surface area contributed by atoms with Crippen LogP contribution in [0.25, 0.3) is 0 Å². The molecule has 0 spiro atoms. The molecule has 6 nitrogen and oxygen atoms in total. The van der Waals surface area contributed by atoms with E-state index in [0.29, 0.717) is 16.0 Å². The Morgan fingerprint density at radius 2 is 2.36 bits per heavy atom. The minimum absolute atomic E-state index is 0.0780. The summed E-state index contributed by atoms with van der Waals surface area (Å²) in [4.78, 5) is 32.9. The van der Waals surface area contributed by atoms with Gasteiger partial charge in [-0.25, -0.2) is 9.97 Å². The van der Waals surface area contributed by atoms with Gasteiger partial charge in [0.25, 0.3) is 5.56 Å². The Bertz CT molecular complexity index is 740. The second kappa shape index (κ2) is 6.21. The number of thioether (sulfide) groups is 1. The Labute approximate surface area is 136 Å². The van der Waals surface area contributed by atoms with Crippen molar-refractivity contribution in [3.63, 3.8) is 0 Å². The third-order valence-corrected chi connectivity index (χ3v) is 5.19. The van der Waals surface area contributed by atoms with Crippen LogP contribution < -0.4 is 10.9 Å². The van der Waals surface area contributed by atoms with E-state index < -0.39 is 0 Å². The number of aromatic nitrogens is 3. The number of nitrogens with one attached hydrogen (secondary N) is 1. The molecule has 2 aromatic rings. The number of nitrogens with zero attached hydrogens (tertiary/aromatic N) is 3. The molecular formula is C14H16N4O2S2. The molecule has 3 heterocycles. The zero-order valence-electron chi connectivity index (χ0n) is 12.3. The number of anilines is 1. The van der Waals surface area contributed by atoms with Gasteiger partial charge in [0.05, 0.1) is 11.7 Å². The molecule has 3 rings (SSSR count). The van der Waals surface area contributed by atoms with Gasteiger partial charge >= 0.3 is 0 Å². The number of hydrogen-bond donors (Lipinski definition) is 1. The molecule has 0 aromatic carbocycles. The van der Waals surface area contributed by atoms with Crippen molar-refractivity contribution < 1.29 is 4.79 Å². The normalized spacial score (nSPS) is 16.8. The summed E-state index contributed by atoms with van der Waals surface area (Å²) in [5, 5.41) is 5.85. The smallest absolute Gasteiger partial charge is 0.254 e. The third-order valence-electron chi connectivity index (χ3n) is 3.40. The van der Waals surface area contributed by atoms with Crippen LogP contribution in [0.1, 0.15) is 37.9 Å². The minimum atomic E-state index is -0.152. The van der Waals surface area contributed by atoms with Crippen molar-refractivity contribution in [1.82, 2.24) is 14.5 Å². The fraction of sp³-hybridized carbons (Fsp3) is 0.429. The topological polar surface area (TPSA) is 76.9 Å². The predicted octanol–water partition coefficient (Wildman–Crippen LogP) is 2.50. The van der Waals surface area contributed by atoms with Crippen LogP contribution in [0.3, 0.4) is 0 Å². The van der Waals surface area contributed by atoms with Gasteiger partial charge in [0.2, 0.25) is 5.91 Å². The first-order valence-electron chi connectivity index (χ1n) is 7.00. The van der Waals surface area contributed by atoms with Gasteiger partial charge < -0.3 is 5.32 Å². The van der Waals surface area contributed by atoms with E-state index in [2.05, 4.69) is 15.3 Å². The molecule has 1 aliphatic heterocycles. The molecule has 8 heteroatoms. The van der Waals surface area contributed by atoms with Crippen molar-refractivity contribution >= 4 is 34.1 Å². The molecule has 1 aliphatic rings. The lowest BCUT2D eigenvalue weighted by atomic mass is 10.1. The van der Waals surface area contributed by atoms with E-state index in [9.17, 15) is 9.59 Å². The Morgan fingerprint density at radius 3 is 3.05 bits per heavy atom. The van der Waals surface area contributed by atoms with E-state index in [1.54, 1.807) is 22.2 Å². The van der Waals surface area contributed by atoms with E-state index in [0.717, 1.165) is 5.69 Å². The largest absolute Gasteiger partial charge is 0.302 e. The van der Waals surface area contributed by atoms with Crippen molar-refractivity contribution in [3.8, 4) is 0 Å². The maximum absolute atomic E-state index is 12.3. The van der Waals surface area contributed by atoms with Crippen LogP contribution in [0, 0.1) is 0 Å². The van der Waals surface area contributed by atoms with E-state index in [4.69, 9.17) is 0 Å². The maximum atomic E-state index is 12.3. The van der Waals surface area contributed by atoms with Gasteiger partial charge in [-0.05, 0) is 5.92 Å². The van der Waals surface area contributed by atoms with Gasteiger partial charge in [-0.3, -0.25) is 14.2 Å². The number of hydrogen-bond acceptors (Lipinski definition) is 6. The number of fused-ring (bicyclic) bond motifs is 1. The number of amides is 1. The van der Waals surface area contributed by atoms with Gasteiger partial charge in [0.1, 0.15) is 0 Å². The number of rotatable bonds is 4. The zero-order chi connectivity index (χ0) is 15.7. The van der Waals surface area contributed by atoms with Crippen LogP contribution in [0.5, 0.6) is 0 Å². The summed E-state index contributed by atoms with van der Waals surface area (Å²) in [7, 11) is 0. The molecule has 1 unspecified atom stereocenters. The fourth-order valence-electron chi connectivity index (χ4n) is 2.29. The number of carbonyl (C=O) groups excluding carboxylic acids is 1. The van der Waals surface area contributed by atoms with Gasteiger partial charge in [-0.15, -0.1) is 11.3 Å². The molecule has 0 bridgehead atoms. The van der Waals surface area contributed by atoms with E-state index in [1.807, 2.05) is 13.8 Å². The molecular weight excluding hydrogens is 320 g/mol. The highest BCUT2D eigenvalue weighted by Crippen LogP contribution is 2.32. The maximum Gasteiger partial charge on any atom is 0.254 e. The molecule has 1 atom stereocenters. The predicted molar refractivity (Wildman–Crippen MR) is 87.7 cm³/mol. The highest BCUT2D eigenvalue weighted by atomic mass is 32.2. The lowest BCUT2D eigenvalue weighted by Gasteiger charge is -2.13. The summed E-state index contributed by atoms with van der Waals surface area (Å²) < 4.78 is 1.64. The fourth-order valence-corrected chi connectivity index (χ4v) is 3.99. The van der Waals surface area contributed by atoms with Gasteiger partial charge in [0, 0.05) is 29.8 Å². The highest BCUT2D eigenvalue weighted by molar-refractivity contribution is 7.99. The van der Waals surface area contributed by atoms with E-state index >= 15 is 0 Å². The van der Waals surface area contributed by atoms with Crippen LogP contribution in [0.2, 0.25) is 0 Å². The molecule has 0 saturated carbocycles. The molecule has 22 heavy (non-hydrogen) atoms. The Hall–Kier alpha value is -1.67. The quantitative estimate of drug-likeness (QED) is 0.868. The molecule has 0 saturated heterocycles. The zero-order valence-corrected chi connectivity index (χ0v) is 13.9.